The summed E-state index contributed by atoms with van der Waals surface area (Å²) in [6.07, 6.45) is 0. The van der Waals surface area contributed by atoms with Crippen LogP contribution in [0.25, 0.3) is 5.76 Å². The van der Waals surface area contributed by atoms with Gasteiger partial charge in [-0.05, 0) is 35.2 Å². The van der Waals surface area contributed by atoms with E-state index in [4.69, 9.17) is 9.47 Å². The third-order valence-electron chi connectivity index (χ3n) is 5.22. The number of likely N-dealkylation sites (tertiary alicyclic amines) is 1. The number of nitrogens with zero attached hydrogens (tertiary/aromatic N) is 1. The van der Waals surface area contributed by atoms with Crippen LogP contribution in [0.1, 0.15) is 22.0 Å². The standard InChI is InChI=1S/C24H21NO5S/c1-29-18-11-10-16(13-19(18)30-2)22(26)20-21(15-7-4-3-5-8-15)25(24(28)23(20)27)14-17-9-6-12-31-17/h3-13,21,26H,14H2,1-2H3/b22-20-. The molecule has 1 amide bonds. The lowest BCUT2D eigenvalue weighted by Crippen LogP contribution is -2.28. The minimum absolute atomic E-state index is 0.0555. The number of benzene rings is 2. The highest BCUT2D eigenvalue weighted by atomic mass is 32.1. The van der Waals surface area contributed by atoms with Gasteiger partial charge in [-0.25, -0.2) is 0 Å². The third-order valence-corrected chi connectivity index (χ3v) is 6.08. The fourth-order valence-electron chi connectivity index (χ4n) is 3.73. The Kier molecular flexibility index (Phi) is 5.77. The summed E-state index contributed by atoms with van der Waals surface area (Å²) in [6, 6.07) is 17.2. The second-order valence-electron chi connectivity index (χ2n) is 6.99. The number of ketones is 1. The van der Waals surface area contributed by atoms with E-state index in [-0.39, 0.29) is 17.9 Å². The van der Waals surface area contributed by atoms with Gasteiger partial charge in [0.2, 0.25) is 0 Å². The van der Waals surface area contributed by atoms with Crippen molar-refractivity contribution < 1.29 is 24.2 Å². The number of ether oxygens (including phenoxy) is 2. The second kappa shape index (κ2) is 8.65. The normalized spacial score (nSPS) is 17.7. The van der Waals surface area contributed by atoms with E-state index >= 15 is 0 Å². The summed E-state index contributed by atoms with van der Waals surface area (Å²) in [7, 11) is 3.01. The molecule has 1 aromatic heterocycles. The van der Waals surface area contributed by atoms with Gasteiger partial charge in [0.25, 0.3) is 11.7 Å². The minimum Gasteiger partial charge on any atom is -0.507 e. The van der Waals surface area contributed by atoms with Crippen molar-refractivity contribution in [2.75, 3.05) is 14.2 Å². The third kappa shape index (κ3) is 3.80. The molecular weight excluding hydrogens is 414 g/mol. The first-order valence-electron chi connectivity index (χ1n) is 9.63. The summed E-state index contributed by atoms with van der Waals surface area (Å²) in [5.74, 6) is -0.684. The average molecular weight is 436 g/mol. The van der Waals surface area contributed by atoms with Crippen molar-refractivity contribution in [2.24, 2.45) is 0 Å². The number of carbonyl (C=O) groups excluding carboxylic acids is 2. The second-order valence-corrected chi connectivity index (χ2v) is 8.02. The van der Waals surface area contributed by atoms with Gasteiger partial charge in [0.05, 0.1) is 32.4 Å². The van der Waals surface area contributed by atoms with Crippen LogP contribution in [-0.4, -0.2) is 35.9 Å². The molecule has 1 N–H and O–H groups in total. The molecule has 1 aliphatic rings. The molecule has 1 aliphatic heterocycles. The Morgan fingerprint density at radius 1 is 1.00 bits per heavy atom. The molecule has 1 saturated heterocycles. The number of aliphatic hydroxyl groups excluding tert-OH is 1. The van der Waals surface area contributed by atoms with Crippen LogP contribution in [0, 0.1) is 0 Å². The van der Waals surface area contributed by atoms with Gasteiger partial charge in [-0.3, -0.25) is 9.59 Å². The van der Waals surface area contributed by atoms with Crippen LogP contribution in [0.5, 0.6) is 11.5 Å². The molecule has 158 valence electrons. The van der Waals surface area contributed by atoms with E-state index in [0.717, 1.165) is 10.4 Å². The van der Waals surface area contributed by atoms with Gasteiger partial charge in [0.1, 0.15) is 5.76 Å². The van der Waals surface area contributed by atoms with Crippen LogP contribution in [0.3, 0.4) is 0 Å². The van der Waals surface area contributed by atoms with E-state index in [2.05, 4.69) is 0 Å². The molecule has 0 spiro atoms. The zero-order valence-electron chi connectivity index (χ0n) is 17.1. The molecule has 2 aromatic carbocycles. The number of Topliss-reactive ketones (excluding diaryl/α,β-unsaturated/α-hetero) is 1. The number of hydrogen-bond acceptors (Lipinski definition) is 6. The lowest BCUT2D eigenvalue weighted by atomic mass is 9.95. The predicted molar refractivity (Wildman–Crippen MR) is 118 cm³/mol. The molecule has 1 unspecified atom stereocenters. The van der Waals surface area contributed by atoms with Crippen molar-refractivity contribution in [2.45, 2.75) is 12.6 Å². The summed E-state index contributed by atoms with van der Waals surface area (Å²) < 4.78 is 10.6. The summed E-state index contributed by atoms with van der Waals surface area (Å²) in [6.45, 7) is 0.282. The van der Waals surface area contributed by atoms with Crippen molar-refractivity contribution in [3.8, 4) is 11.5 Å². The van der Waals surface area contributed by atoms with Gasteiger partial charge in [0.15, 0.2) is 11.5 Å². The van der Waals surface area contributed by atoms with Crippen LogP contribution in [0.2, 0.25) is 0 Å². The van der Waals surface area contributed by atoms with Crippen molar-refractivity contribution in [1.82, 2.24) is 4.90 Å². The van der Waals surface area contributed by atoms with Crippen molar-refractivity contribution in [3.63, 3.8) is 0 Å². The first-order chi connectivity index (χ1) is 15.0. The number of methoxy groups -OCH3 is 2. The zero-order valence-corrected chi connectivity index (χ0v) is 17.9. The van der Waals surface area contributed by atoms with E-state index in [1.807, 2.05) is 47.8 Å². The average Bonchev–Trinajstić information content (AvgIpc) is 3.41. The lowest BCUT2D eigenvalue weighted by molar-refractivity contribution is -0.140. The van der Waals surface area contributed by atoms with Crippen LogP contribution in [0.15, 0.2) is 71.6 Å². The predicted octanol–water partition coefficient (Wildman–Crippen LogP) is 4.39. The Hall–Kier alpha value is -3.58. The monoisotopic (exact) mass is 435 g/mol. The first-order valence-corrected chi connectivity index (χ1v) is 10.5. The maximum Gasteiger partial charge on any atom is 0.295 e. The van der Waals surface area contributed by atoms with E-state index in [0.29, 0.717) is 17.1 Å². The highest BCUT2D eigenvalue weighted by Gasteiger charge is 2.46. The fourth-order valence-corrected chi connectivity index (χ4v) is 4.44. The van der Waals surface area contributed by atoms with Gasteiger partial charge in [-0.2, -0.15) is 0 Å². The highest BCUT2D eigenvalue weighted by molar-refractivity contribution is 7.09. The molecule has 3 aromatic rings. The number of amides is 1. The summed E-state index contributed by atoms with van der Waals surface area (Å²) in [4.78, 5) is 28.5. The molecule has 31 heavy (non-hydrogen) atoms. The van der Waals surface area contributed by atoms with Crippen molar-refractivity contribution in [1.29, 1.82) is 0 Å². The van der Waals surface area contributed by atoms with E-state index in [9.17, 15) is 14.7 Å². The Bertz CT molecular complexity index is 1140. The lowest BCUT2D eigenvalue weighted by Gasteiger charge is -2.25. The van der Waals surface area contributed by atoms with Crippen molar-refractivity contribution >= 4 is 28.8 Å². The number of thiophene rings is 1. The summed E-state index contributed by atoms with van der Waals surface area (Å²) >= 11 is 1.51. The Morgan fingerprint density at radius 2 is 1.74 bits per heavy atom. The maximum absolute atomic E-state index is 13.1. The molecule has 6 nitrogen and oxygen atoms in total. The zero-order chi connectivity index (χ0) is 22.0. The maximum atomic E-state index is 13.1. The largest absolute Gasteiger partial charge is 0.507 e. The van der Waals surface area contributed by atoms with E-state index < -0.39 is 17.7 Å². The molecule has 1 fully saturated rings. The quantitative estimate of drug-likeness (QED) is 0.353. The topological polar surface area (TPSA) is 76.1 Å². The van der Waals surface area contributed by atoms with Gasteiger partial charge < -0.3 is 19.5 Å². The smallest absolute Gasteiger partial charge is 0.295 e. The molecule has 4 rings (SSSR count). The summed E-state index contributed by atoms with van der Waals surface area (Å²) in [5.41, 5.74) is 1.17. The van der Waals surface area contributed by atoms with Gasteiger partial charge in [0, 0.05) is 10.4 Å². The minimum atomic E-state index is -0.710. The molecular formula is C24H21NO5S. The SMILES string of the molecule is COc1ccc(/C(O)=C2/C(=O)C(=O)N(Cc3cccs3)C2c2ccccc2)cc1OC. The molecule has 1 atom stereocenters. The molecule has 7 heteroatoms. The number of aliphatic hydroxyl groups is 1. The highest BCUT2D eigenvalue weighted by Crippen LogP contribution is 2.41. The molecule has 0 aliphatic carbocycles. The Balaban J connectivity index is 1.86. The Morgan fingerprint density at radius 3 is 2.39 bits per heavy atom. The van der Waals surface area contributed by atoms with Gasteiger partial charge in [-0.1, -0.05) is 36.4 Å². The van der Waals surface area contributed by atoms with Gasteiger partial charge in [-0.15, -0.1) is 11.3 Å². The number of rotatable bonds is 6. The van der Waals surface area contributed by atoms with E-state index in [1.165, 1.54) is 30.5 Å². The summed E-state index contributed by atoms with van der Waals surface area (Å²) in [5, 5.41) is 13.1. The molecule has 0 bridgehead atoms. The number of carbonyl (C=O) groups is 2. The fraction of sp³-hybridized carbons (Fsp3) is 0.167. The molecule has 0 radical (unpaired) electrons. The molecule has 0 saturated carbocycles. The van der Waals surface area contributed by atoms with Gasteiger partial charge >= 0.3 is 0 Å². The van der Waals surface area contributed by atoms with Crippen LogP contribution < -0.4 is 9.47 Å². The Labute approximate surface area is 184 Å². The van der Waals surface area contributed by atoms with Crippen LogP contribution >= 0.6 is 11.3 Å². The molecule has 2 heterocycles. The van der Waals surface area contributed by atoms with Crippen LogP contribution in [0.4, 0.5) is 0 Å². The van der Waals surface area contributed by atoms with E-state index in [1.54, 1.807) is 18.2 Å². The number of hydrogen-bond donors (Lipinski definition) is 1. The van der Waals surface area contributed by atoms with Crippen molar-refractivity contribution in [3.05, 3.63) is 87.6 Å². The van der Waals surface area contributed by atoms with Crippen LogP contribution in [-0.2, 0) is 16.1 Å². The first kappa shape index (κ1) is 20.7.